The van der Waals surface area contributed by atoms with E-state index in [9.17, 15) is 19.2 Å². The van der Waals surface area contributed by atoms with E-state index >= 15 is 0 Å². The summed E-state index contributed by atoms with van der Waals surface area (Å²) in [6.07, 6.45) is 13.1. The highest BCUT2D eigenvalue weighted by molar-refractivity contribution is 7.95. The predicted molar refractivity (Wildman–Crippen MR) is 315 cm³/mol. The quantitative estimate of drug-likeness (QED) is 0.0229. The molecule has 77 heavy (non-hydrogen) atoms. The van der Waals surface area contributed by atoms with Crippen LogP contribution >= 0.6 is 7.26 Å². The van der Waals surface area contributed by atoms with E-state index in [-0.39, 0.29) is 49.7 Å². The Kier molecular flexibility index (Phi) is 25.1. The van der Waals surface area contributed by atoms with E-state index < -0.39 is 12.8 Å². The lowest BCUT2D eigenvalue weighted by Crippen LogP contribution is -2.66. The molecule has 0 bridgehead atoms. The first kappa shape index (κ1) is 59.3. The Morgan fingerprint density at radius 1 is 0.377 bits per heavy atom. The normalized spacial score (nSPS) is 11.3. The van der Waals surface area contributed by atoms with Crippen LogP contribution in [0.4, 0.5) is 0 Å². The molecule has 0 radical (unpaired) electrons. The molecule has 0 unspecified atom stereocenters. The van der Waals surface area contributed by atoms with Crippen molar-refractivity contribution in [2.75, 3.05) is 47.1 Å². The van der Waals surface area contributed by atoms with Gasteiger partial charge >= 0.3 is 0 Å². The second-order valence-corrected chi connectivity index (χ2v) is 23.7. The molecule has 6 rings (SSSR count). The average molecular weight is 1060 g/mol. The largest absolute Gasteiger partial charge is 0.497 e. The van der Waals surface area contributed by atoms with Crippen LogP contribution in [0.3, 0.4) is 0 Å². The predicted octanol–water partition coefficient (Wildman–Crippen LogP) is 10.4. The molecule has 4 N–H and O–H groups in total. The fourth-order valence-electron chi connectivity index (χ4n) is 9.94. The van der Waals surface area contributed by atoms with Gasteiger partial charge in [-0.25, -0.2) is 0 Å². The maximum absolute atomic E-state index is 14.0. The SMILES string of the molecule is COc1cccc([P+](CCCCCCCCCC(=O)NC(CNC(=O)CCCc2ccccc2)(CNC(=O)CCCc2ccccc2)CNC(=O)CCCc2ccccc2)(c2cccc(OC)c2)c2cccc(OC)c2)c1. The highest BCUT2D eigenvalue weighted by atomic mass is 31.2. The zero-order chi connectivity index (χ0) is 54.4. The number of aryl methyl sites for hydroxylation is 3. The van der Waals surface area contributed by atoms with Crippen molar-refractivity contribution in [2.45, 2.75) is 115 Å². The summed E-state index contributed by atoms with van der Waals surface area (Å²) in [4.78, 5) is 54.4. The van der Waals surface area contributed by atoms with Crippen LogP contribution in [0.2, 0.25) is 0 Å². The lowest BCUT2D eigenvalue weighted by molar-refractivity contribution is -0.126. The van der Waals surface area contributed by atoms with E-state index in [2.05, 4.69) is 112 Å². The van der Waals surface area contributed by atoms with Gasteiger partial charge in [0.25, 0.3) is 0 Å². The van der Waals surface area contributed by atoms with Crippen LogP contribution in [-0.4, -0.2) is 76.3 Å². The molecular weight excluding hydrogens is 980 g/mol. The number of carbonyl (C=O) groups excluding carboxylic acids is 4. The molecule has 0 saturated heterocycles. The fraction of sp³-hybridized carbons (Fsp3) is 0.385. The van der Waals surface area contributed by atoms with Gasteiger partial charge in [0.15, 0.2) is 0 Å². The minimum Gasteiger partial charge on any atom is -0.497 e. The maximum atomic E-state index is 14.0. The molecule has 0 aliphatic heterocycles. The van der Waals surface area contributed by atoms with Crippen molar-refractivity contribution < 1.29 is 33.4 Å². The van der Waals surface area contributed by atoms with Gasteiger partial charge in [-0.3, -0.25) is 19.2 Å². The van der Waals surface area contributed by atoms with Gasteiger partial charge in [0, 0.05) is 63.5 Å². The number of benzene rings is 6. The number of carbonyl (C=O) groups is 4. The number of amides is 4. The van der Waals surface area contributed by atoms with Crippen LogP contribution in [0, 0.1) is 0 Å². The molecule has 12 heteroatoms. The number of hydrogen-bond acceptors (Lipinski definition) is 7. The highest BCUT2D eigenvalue weighted by Crippen LogP contribution is 2.57. The van der Waals surface area contributed by atoms with Crippen LogP contribution in [-0.2, 0) is 38.4 Å². The molecule has 408 valence electrons. The summed E-state index contributed by atoms with van der Waals surface area (Å²) in [5, 5.41) is 16.2. The number of ether oxygens (including phenoxy) is 3. The summed E-state index contributed by atoms with van der Waals surface area (Å²) in [6.45, 7) is 0.109. The molecule has 0 heterocycles. The zero-order valence-electron chi connectivity index (χ0n) is 45.7. The summed E-state index contributed by atoms with van der Waals surface area (Å²) < 4.78 is 17.3. The second kappa shape index (κ2) is 32.6. The summed E-state index contributed by atoms with van der Waals surface area (Å²) in [6, 6.07) is 55.7. The summed E-state index contributed by atoms with van der Waals surface area (Å²) in [7, 11) is 2.93. The highest BCUT2D eigenvalue weighted by Gasteiger charge is 2.46. The van der Waals surface area contributed by atoms with Gasteiger partial charge < -0.3 is 35.5 Å². The van der Waals surface area contributed by atoms with Gasteiger partial charge in [0.05, 0.1) is 33.0 Å². The van der Waals surface area contributed by atoms with Crippen molar-refractivity contribution >= 4 is 46.8 Å². The van der Waals surface area contributed by atoms with E-state index in [0.717, 1.165) is 97.9 Å². The first-order valence-corrected chi connectivity index (χ1v) is 29.7. The van der Waals surface area contributed by atoms with Crippen LogP contribution in [0.15, 0.2) is 164 Å². The van der Waals surface area contributed by atoms with E-state index in [0.29, 0.717) is 44.9 Å². The molecule has 0 spiro atoms. The summed E-state index contributed by atoms with van der Waals surface area (Å²) in [5.74, 6) is 1.81. The Morgan fingerprint density at radius 2 is 0.701 bits per heavy atom. The molecule has 6 aromatic carbocycles. The maximum Gasteiger partial charge on any atom is 0.220 e. The Morgan fingerprint density at radius 3 is 1.05 bits per heavy atom. The molecule has 0 atom stereocenters. The summed E-state index contributed by atoms with van der Waals surface area (Å²) in [5.41, 5.74) is 2.30. The topological polar surface area (TPSA) is 144 Å². The van der Waals surface area contributed by atoms with Crippen molar-refractivity contribution in [3.8, 4) is 17.2 Å². The Bertz CT molecular complexity index is 2440. The van der Waals surface area contributed by atoms with E-state index in [1.54, 1.807) is 21.3 Å². The molecule has 0 aromatic heterocycles. The lowest BCUT2D eigenvalue weighted by atomic mass is 9.97. The van der Waals surface area contributed by atoms with Gasteiger partial charge in [-0.1, -0.05) is 135 Å². The first-order valence-electron chi connectivity index (χ1n) is 27.7. The number of hydrogen-bond donors (Lipinski definition) is 4. The van der Waals surface area contributed by atoms with Gasteiger partial charge in [0.2, 0.25) is 23.6 Å². The van der Waals surface area contributed by atoms with Crippen molar-refractivity contribution in [2.24, 2.45) is 0 Å². The van der Waals surface area contributed by atoms with E-state index in [1.807, 2.05) is 72.8 Å². The van der Waals surface area contributed by atoms with Crippen molar-refractivity contribution in [3.05, 3.63) is 180 Å². The third-order valence-corrected chi connectivity index (χ3v) is 18.8. The lowest BCUT2D eigenvalue weighted by Gasteiger charge is -2.35. The van der Waals surface area contributed by atoms with Crippen LogP contribution in [0.25, 0.3) is 0 Å². The Labute approximate surface area is 459 Å². The smallest absolute Gasteiger partial charge is 0.220 e. The molecule has 0 aliphatic rings. The van der Waals surface area contributed by atoms with Crippen molar-refractivity contribution in [1.29, 1.82) is 0 Å². The molecule has 0 aliphatic carbocycles. The molecule has 4 amide bonds. The van der Waals surface area contributed by atoms with Crippen molar-refractivity contribution in [3.63, 3.8) is 0 Å². The second-order valence-electron chi connectivity index (χ2n) is 20.0. The van der Waals surface area contributed by atoms with Crippen molar-refractivity contribution in [1.82, 2.24) is 21.3 Å². The van der Waals surface area contributed by atoms with Crippen LogP contribution in [0.1, 0.15) is 107 Å². The summed E-state index contributed by atoms with van der Waals surface area (Å²) >= 11 is 0. The fourth-order valence-corrected chi connectivity index (χ4v) is 14.4. The van der Waals surface area contributed by atoms with E-state index in [4.69, 9.17) is 14.2 Å². The van der Waals surface area contributed by atoms with Gasteiger partial charge in [0.1, 0.15) is 40.4 Å². The molecule has 0 fully saturated rings. The minimum atomic E-state index is -2.21. The minimum absolute atomic E-state index is 0.0362. The van der Waals surface area contributed by atoms with Crippen LogP contribution < -0.4 is 51.4 Å². The van der Waals surface area contributed by atoms with Gasteiger partial charge in [-0.15, -0.1) is 0 Å². The third-order valence-electron chi connectivity index (χ3n) is 14.3. The molecule has 11 nitrogen and oxygen atoms in total. The van der Waals surface area contributed by atoms with E-state index in [1.165, 1.54) is 15.9 Å². The monoisotopic (exact) mass is 1060 g/mol. The van der Waals surface area contributed by atoms with Gasteiger partial charge in [-0.2, -0.15) is 0 Å². The molecule has 6 aromatic rings. The third kappa shape index (κ3) is 19.8. The van der Waals surface area contributed by atoms with Crippen LogP contribution in [0.5, 0.6) is 17.2 Å². The standard InChI is InChI=1S/C65H81N4O7P/c1-74-55-35-23-38-58(46-55)77(59-39-24-36-56(47-59)75-2,60-40-25-37-57(48-60)76-3)45-19-8-6-4-5-7-18-41-64(73)69-65(49-66-61(70)42-20-32-52-26-12-9-13-27-52,50-67-62(71)43-21-33-53-28-14-10-15-29-53)51-68-63(72)44-22-34-54-30-16-11-17-31-54/h9-17,23-31,35-40,46-48H,4-8,18-22,32-34,41-45,49-51H2,1-3H3,(H3-,66,67,68,69,70,71,72,73)/p+1. The molecule has 0 saturated carbocycles. The average Bonchev–Trinajstić information content (AvgIpc) is 3.49. The zero-order valence-corrected chi connectivity index (χ0v) is 46.6. The Hall–Kier alpha value is -6.97. The number of methoxy groups -OCH3 is 3. The first-order chi connectivity index (χ1) is 37.6. The number of nitrogens with one attached hydrogen (secondary N) is 4. The van der Waals surface area contributed by atoms with Gasteiger partial charge in [-0.05, 0) is 111 Å². The number of unbranched alkanes of at least 4 members (excludes halogenated alkanes) is 6. The Balaban J connectivity index is 1.07. The molecular formula is C65H82N4O7P+. The number of rotatable bonds is 35.